The van der Waals surface area contributed by atoms with E-state index in [1.807, 2.05) is 22.9 Å². The van der Waals surface area contributed by atoms with Gasteiger partial charge in [0.25, 0.3) is 0 Å². The van der Waals surface area contributed by atoms with E-state index >= 15 is 0 Å². The van der Waals surface area contributed by atoms with Crippen LogP contribution in [0.25, 0.3) is 11.0 Å². The quantitative estimate of drug-likeness (QED) is 0.0373. The molecule has 79 heavy (non-hydrogen) atoms. The molecule has 444 valence electrons. The lowest BCUT2D eigenvalue weighted by atomic mass is 9.50. The summed E-state index contributed by atoms with van der Waals surface area (Å²) >= 11 is 0. The Bertz CT molecular complexity index is 2410. The van der Waals surface area contributed by atoms with Gasteiger partial charge >= 0.3 is 5.97 Å². The van der Waals surface area contributed by atoms with Crippen LogP contribution < -0.4 is 20.1 Å². The number of carbonyl (C=O) groups excluding carboxylic acids is 1. The fourth-order valence-electron chi connectivity index (χ4n) is 17.5. The molecule has 9 N–H and O–H groups in total. The first kappa shape index (κ1) is 60.0. The Kier molecular flexibility index (Phi) is 18.9. The van der Waals surface area contributed by atoms with E-state index in [-0.39, 0.29) is 73.5 Å². The van der Waals surface area contributed by atoms with Gasteiger partial charge in [-0.1, -0.05) is 99.0 Å². The maximum Gasteiger partial charge on any atom is 0.306 e. The molecule has 5 aliphatic carbocycles. The standard InChI is InChI=1S/C62H96N2O13S2/c1-5-7-8-12-40-13-10-24-58(70,34-40)26-22-47-57(25-21-41(33-57)36-63-4)27-28-59(47)48-19-15-39(3)11-9-14-49(67)61(38-78-79-59)60(71)35-44-16-18-46(66)45(37-65)51(44)62(72,55(60)69)56(77-61)76-53-42(17-20-50(68)73-6-2)32-43-23-30-74-52(43)54(53)75-31-29-64-48/h16,18,23,30,32,39-41,44-49,51,55-56,63-67,69-72H,5-15,17,19-22,24-29,31,33-38H2,1-4H3. The highest BCUT2D eigenvalue weighted by Crippen LogP contribution is 2.69. The number of aliphatic hydroxyl groups excluding tert-OH is 4. The number of allylic oxidation sites excluding steroid dienone is 1. The summed E-state index contributed by atoms with van der Waals surface area (Å²) in [4.78, 5) is 13.1. The van der Waals surface area contributed by atoms with Crippen LogP contribution in [-0.4, -0.2) is 145 Å². The second-order valence-electron chi connectivity index (χ2n) is 26.2. The monoisotopic (exact) mass is 1140 g/mol. The highest BCUT2D eigenvalue weighted by molar-refractivity contribution is 8.77. The number of carbonyl (C=O) groups is 1. The van der Waals surface area contributed by atoms with Gasteiger partial charge < -0.3 is 69.7 Å². The third kappa shape index (κ3) is 11.2. The van der Waals surface area contributed by atoms with E-state index in [1.54, 1.807) is 36.1 Å². The predicted molar refractivity (Wildman–Crippen MR) is 308 cm³/mol. The second-order valence-corrected chi connectivity index (χ2v) is 28.9. The van der Waals surface area contributed by atoms with Gasteiger partial charge in [0, 0.05) is 53.3 Å². The summed E-state index contributed by atoms with van der Waals surface area (Å²) < 4.78 is 32.7. The van der Waals surface area contributed by atoms with Crippen LogP contribution in [0.5, 0.6) is 11.5 Å². The molecule has 2 saturated heterocycles. The van der Waals surface area contributed by atoms with E-state index in [2.05, 4.69) is 31.5 Å². The fraction of sp³-hybridized carbons (Fsp3) is 0.823. The third-order valence-corrected chi connectivity index (χ3v) is 24.9. The van der Waals surface area contributed by atoms with E-state index in [9.17, 15) is 40.5 Å². The van der Waals surface area contributed by atoms with E-state index in [4.69, 9.17) is 23.4 Å². The number of esters is 1. The van der Waals surface area contributed by atoms with Crippen LogP contribution in [0.2, 0.25) is 0 Å². The van der Waals surface area contributed by atoms with Crippen molar-refractivity contribution in [3.63, 3.8) is 0 Å². The first-order valence-electron chi connectivity index (χ1n) is 30.9. The third-order valence-electron chi connectivity index (χ3n) is 21.5. The Morgan fingerprint density at radius 2 is 1.77 bits per heavy atom. The number of ether oxygens (including phenoxy) is 4. The Labute approximate surface area is 477 Å². The molecule has 18 unspecified atom stereocenters. The summed E-state index contributed by atoms with van der Waals surface area (Å²) in [5.74, 6) is -1.30. The predicted octanol–water partition coefficient (Wildman–Crippen LogP) is 8.53. The Morgan fingerprint density at radius 1 is 0.924 bits per heavy atom. The molecule has 4 heterocycles. The van der Waals surface area contributed by atoms with Crippen LogP contribution in [0.15, 0.2) is 35.0 Å². The van der Waals surface area contributed by atoms with Crippen molar-refractivity contribution in [3.8, 4) is 11.5 Å². The first-order chi connectivity index (χ1) is 38.0. The molecule has 0 radical (unpaired) electrons. The number of unbranched alkanes of at least 4 members (excludes halogenated alkanes) is 2. The Balaban J connectivity index is 1.13. The van der Waals surface area contributed by atoms with E-state index in [0.717, 1.165) is 90.0 Å². The summed E-state index contributed by atoms with van der Waals surface area (Å²) in [5.41, 5.74) is -6.54. The van der Waals surface area contributed by atoms with Gasteiger partial charge in [0.15, 0.2) is 16.9 Å². The second kappa shape index (κ2) is 24.8. The molecule has 17 heteroatoms. The molecule has 6 fully saturated rings. The summed E-state index contributed by atoms with van der Waals surface area (Å²) in [6.45, 7) is 7.56. The molecule has 10 rings (SSSR count). The molecule has 5 bridgehead atoms. The summed E-state index contributed by atoms with van der Waals surface area (Å²) in [6.07, 6.45) is 17.7. The maximum atomic E-state index is 13.8. The fourth-order valence-corrected chi connectivity index (χ4v) is 21.8. The number of hydrogen-bond acceptors (Lipinski definition) is 17. The van der Waals surface area contributed by atoms with Crippen LogP contribution in [0, 0.1) is 46.8 Å². The number of rotatable bonds is 14. The minimum absolute atomic E-state index is 0.00275. The zero-order valence-corrected chi connectivity index (χ0v) is 49.4. The van der Waals surface area contributed by atoms with Gasteiger partial charge in [0.1, 0.15) is 23.9 Å². The van der Waals surface area contributed by atoms with Crippen LogP contribution in [0.1, 0.15) is 168 Å². The van der Waals surface area contributed by atoms with Gasteiger partial charge in [-0.3, -0.25) is 4.79 Å². The largest absolute Gasteiger partial charge is 0.485 e. The molecular formula is C62H96N2O13S2. The van der Waals surface area contributed by atoms with Gasteiger partial charge in [-0.15, -0.1) is 0 Å². The lowest BCUT2D eigenvalue weighted by Gasteiger charge is -2.67. The highest BCUT2D eigenvalue weighted by atomic mass is 33.1. The zero-order valence-electron chi connectivity index (χ0n) is 47.7. The lowest BCUT2D eigenvalue weighted by Crippen LogP contribution is -2.86. The number of aryl methyl sites for hydroxylation is 1. The Hall–Kier alpha value is -2.13. The minimum Gasteiger partial charge on any atom is -0.485 e. The first-order valence-corrected chi connectivity index (χ1v) is 33.2. The van der Waals surface area contributed by atoms with Crippen LogP contribution in [0.4, 0.5) is 0 Å². The molecule has 18 atom stereocenters. The zero-order chi connectivity index (χ0) is 55.8. The van der Waals surface area contributed by atoms with Crippen molar-refractivity contribution in [2.45, 2.75) is 226 Å². The SMILES string of the molecule is CCCCCC1CCCC(O)(CCC2C3(CCC(CNC)C3)CCC23SSCC24OC(Oc5c(CCC(=O)OCC)cc6ccoc6c5OCCNC3CCC(C)CCCC2O)C2(O)C3C(C=CC(O)C3CO)CC4(O)C2O)C1. The van der Waals surface area contributed by atoms with Crippen LogP contribution in [0.3, 0.4) is 0 Å². The van der Waals surface area contributed by atoms with Crippen LogP contribution in [-0.2, 0) is 20.7 Å². The van der Waals surface area contributed by atoms with Crippen molar-refractivity contribution < 1.29 is 63.9 Å². The van der Waals surface area contributed by atoms with Gasteiger partial charge in [-0.25, -0.2) is 0 Å². The molecule has 1 aromatic carbocycles. The number of nitrogens with one attached hydrogen (secondary N) is 2. The van der Waals surface area contributed by atoms with E-state index < -0.39 is 82.1 Å². The van der Waals surface area contributed by atoms with Gasteiger partial charge in [0.2, 0.25) is 12.0 Å². The van der Waals surface area contributed by atoms with Crippen LogP contribution >= 0.6 is 21.6 Å². The van der Waals surface area contributed by atoms with E-state index in [1.165, 1.54) is 32.1 Å². The molecule has 3 aliphatic heterocycles. The lowest BCUT2D eigenvalue weighted by molar-refractivity contribution is -0.424. The maximum absolute atomic E-state index is 13.8. The van der Waals surface area contributed by atoms with Crippen molar-refractivity contribution >= 4 is 38.5 Å². The Morgan fingerprint density at radius 3 is 2.57 bits per heavy atom. The normalized spacial score (nSPS) is 42.6. The smallest absolute Gasteiger partial charge is 0.306 e. The van der Waals surface area contributed by atoms with Gasteiger partial charge in [0.05, 0.1) is 30.7 Å². The number of hydrogen-bond donors (Lipinski definition) is 9. The van der Waals surface area contributed by atoms with Gasteiger partial charge in [-0.05, 0) is 163 Å². The average molecular weight is 1140 g/mol. The minimum atomic E-state index is -2.49. The topological polar surface area (TPSA) is 233 Å². The highest BCUT2D eigenvalue weighted by Gasteiger charge is 2.78. The summed E-state index contributed by atoms with van der Waals surface area (Å²) in [6, 6.07) is 3.66. The van der Waals surface area contributed by atoms with Crippen molar-refractivity contribution in [1.29, 1.82) is 0 Å². The molecule has 4 saturated carbocycles. The molecule has 1 aromatic heterocycles. The molecule has 3 spiro atoms. The number of fused-ring (bicyclic) bond motifs is 11. The van der Waals surface area contributed by atoms with E-state index in [0.29, 0.717) is 47.3 Å². The van der Waals surface area contributed by atoms with Crippen molar-refractivity contribution in [2.75, 3.05) is 45.7 Å². The molecule has 15 nitrogen and oxygen atoms in total. The number of benzene rings is 1. The molecule has 0 amide bonds. The summed E-state index contributed by atoms with van der Waals surface area (Å²) in [5, 5.41) is 97.8. The van der Waals surface area contributed by atoms with Crippen molar-refractivity contribution in [3.05, 3.63) is 36.1 Å². The van der Waals surface area contributed by atoms with Gasteiger partial charge in [-0.2, -0.15) is 0 Å². The molecular weight excluding hydrogens is 1040 g/mol. The molecule has 8 aliphatic rings. The van der Waals surface area contributed by atoms with Crippen molar-refractivity contribution in [1.82, 2.24) is 10.6 Å². The van der Waals surface area contributed by atoms with Crippen molar-refractivity contribution in [2.24, 2.45) is 46.8 Å². The average Bonchev–Trinajstić information content (AvgIpc) is 4.28. The summed E-state index contributed by atoms with van der Waals surface area (Å²) in [7, 11) is 5.49. The number of aliphatic hydroxyl groups is 7. The number of furan rings is 1. The molecule has 2 aromatic rings.